The number of benzene rings is 2. The molecule has 28 heavy (non-hydrogen) atoms. The molecule has 5 heteroatoms. The highest BCUT2D eigenvalue weighted by Crippen LogP contribution is 2.18. The van der Waals surface area contributed by atoms with E-state index in [-0.39, 0.29) is 5.91 Å². The Morgan fingerprint density at radius 2 is 1.64 bits per heavy atom. The van der Waals surface area contributed by atoms with Crippen LogP contribution < -0.4 is 10.6 Å². The van der Waals surface area contributed by atoms with Crippen LogP contribution in [0.1, 0.15) is 52.6 Å². The van der Waals surface area contributed by atoms with Gasteiger partial charge >= 0.3 is 0 Å². The summed E-state index contributed by atoms with van der Waals surface area (Å²) in [5.74, 6) is 0.651. The summed E-state index contributed by atoms with van der Waals surface area (Å²) in [6.45, 7) is 8.79. The molecule has 0 aliphatic carbocycles. The zero-order valence-electron chi connectivity index (χ0n) is 16.8. The van der Waals surface area contributed by atoms with Crippen LogP contribution in [0.3, 0.4) is 0 Å². The first-order valence-electron chi connectivity index (χ1n) is 9.47. The molecule has 1 heterocycles. The van der Waals surface area contributed by atoms with E-state index in [4.69, 9.17) is 0 Å². The van der Waals surface area contributed by atoms with Gasteiger partial charge in [0.1, 0.15) is 5.69 Å². The summed E-state index contributed by atoms with van der Waals surface area (Å²) in [4.78, 5) is 21.4. The molecule has 2 aromatic carbocycles. The molecule has 2 N–H and O–H groups in total. The van der Waals surface area contributed by atoms with Crippen molar-refractivity contribution in [1.82, 2.24) is 9.97 Å². The molecule has 0 aliphatic heterocycles. The van der Waals surface area contributed by atoms with Gasteiger partial charge in [-0.05, 0) is 49.1 Å². The van der Waals surface area contributed by atoms with Crippen molar-refractivity contribution >= 4 is 17.5 Å². The highest BCUT2D eigenvalue weighted by Gasteiger charge is 2.11. The van der Waals surface area contributed by atoms with Gasteiger partial charge in [0.15, 0.2) is 0 Å². The topological polar surface area (TPSA) is 66.9 Å². The van der Waals surface area contributed by atoms with Crippen LogP contribution in [0.5, 0.6) is 0 Å². The second-order valence-corrected chi connectivity index (χ2v) is 7.29. The van der Waals surface area contributed by atoms with E-state index in [1.54, 1.807) is 6.07 Å². The number of aromatic nitrogens is 2. The molecule has 1 amide bonds. The molecule has 0 saturated carbocycles. The Balaban J connectivity index is 1.69. The predicted molar refractivity (Wildman–Crippen MR) is 114 cm³/mol. The van der Waals surface area contributed by atoms with Crippen LogP contribution in [0, 0.1) is 13.8 Å². The first-order valence-corrected chi connectivity index (χ1v) is 9.47. The Kier molecular flexibility index (Phi) is 6.04. The Bertz CT molecular complexity index is 947. The number of aryl methyl sites for hydroxylation is 2. The Labute approximate surface area is 166 Å². The van der Waals surface area contributed by atoms with Crippen LogP contribution in [0.25, 0.3) is 0 Å². The van der Waals surface area contributed by atoms with E-state index in [1.165, 1.54) is 11.1 Å². The molecule has 0 radical (unpaired) electrons. The van der Waals surface area contributed by atoms with Crippen LogP contribution in [-0.4, -0.2) is 15.9 Å². The van der Waals surface area contributed by atoms with Crippen LogP contribution in [0.15, 0.2) is 54.6 Å². The van der Waals surface area contributed by atoms with Gasteiger partial charge in [0.2, 0.25) is 5.95 Å². The van der Waals surface area contributed by atoms with Crippen molar-refractivity contribution in [2.75, 3.05) is 10.6 Å². The maximum atomic E-state index is 12.6. The van der Waals surface area contributed by atoms with E-state index in [9.17, 15) is 4.79 Å². The molecule has 0 fully saturated rings. The molecule has 1 aromatic heterocycles. The van der Waals surface area contributed by atoms with Crippen molar-refractivity contribution in [2.24, 2.45) is 0 Å². The van der Waals surface area contributed by atoms with Crippen LogP contribution in [0.4, 0.5) is 11.6 Å². The molecule has 3 aromatic rings. The minimum Gasteiger partial charge on any atom is -0.350 e. The number of hydrogen-bond acceptors (Lipinski definition) is 4. The summed E-state index contributed by atoms with van der Waals surface area (Å²) in [6, 6.07) is 17.8. The number of carbonyl (C=O) groups excluding carboxylic acids is 1. The van der Waals surface area contributed by atoms with Gasteiger partial charge in [-0.3, -0.25) is 4.79 Å². The van der Waals surface area contributed by atoms with Gasteiger partial charge in [-0.25, -0.2) is 9.97 Å². The largest absolute Gasteiger partial charge is 0.350 e. The molecule has 0 unspecified atom stereocenters. The molecule has 0 aliphatic rings. The lowest BCUT2D eigenvalue weighted by Crippen LogP contribution is -2.16. The summed E-state index contributed by atoms with van der Waals surface area (Å²) >= 11 is 0. The third-order valence-electron chi connectivity index (χ3n) is 4.49. The summed E-state index contributed by atoms with van der Waals surface area (Å²) in [7, 11) is 0. The molecule has 0 saturated heterocycles. The standard InChI is InChI=1S/C23H26N4O/c1-15(2)19-9-11-20(12-10-19)26-22(28)21-13-17(4)25-23(27-21)24-14-18-7-5-16(3)6-8-18/h5-13,15H,14H2,1-4H3,(H,26,28)(H,24,25,27). The van der Waals surface area contributed by atoms with Gasteiger partial charge in [0.05, 0.1) is 0 Å². The van der Waals surface area contributed by atoms with Gasteiger partial charge in [0, 0.05) is 17.9 Å². The van der Waals surface area contributed by atoms with Crippen molar-refractivity contribution < 1.29 is 4.79 Å². The fourth-order valence-electron chi connectivity index (χ4n) is 2.80. The summed E-state index contributed by atoms with van der Waals surface area (Å²) < 4.78 is 0. The van der Waals surface area contributed by atoms with E-state index in [0.717, 1.165) is 16.9 Å². The molecule has 0 bridgehead atoms. The average Bonchev–Trinajstić information content (AvgIpc) is 2.67. The van der Waals surface area contributed by atoms with Crippen molar-refractivity contribution in [3.63, 3.8) is 0 Å². The van der Waals surface area contributed by atoms with E-state index in [1.807, 2.05) is 31.2 Å². The molecule has 0 spiro atoms. The average molecular weight is 374 g/mol. The van der Waals surface area contributed by atoms with Gasteiger partial charge in [-0.1, -0.05) is 55.8 Å². The van der Waals surface area contributed by atoms with E-state index in [2.05, 4.69) is 65.6 Å². The molecule has 0 atom stereocenters. The second-order valence-electron chi connectivity index (χ2n) is 7.29. The smallest absolute Gasteiger partial charge is 0.274 e. The Hall–Kier alpha value is -3.21. The number of rotatable bonds is 6. The number of amides is 1. The number of anilines is 2. The maximum Gasteiger partial charge on any atom is 0.274 e. The van der Waals surface area contributed by atoms with Gasteiger partial charge < -0.3 is 10.6 Å². The highest BCUT2D eigenvalue weighted by atomic mass is 16.1. The molecule has 144 valence electrons. The number of nitrogens with one attached hydrogen (secondary N) is 2. The van der Waals surface area contributed by atoms with Crippen molar-refractivity contribution in [3.05, 3.63) is 82.7 Å². The highest BCUT2D eigenvalue weighted by molar-refractivity contribution is 6.03. The minimum absolute atomic E-state index is 0.249. The normalized spacial score (nSPS) is 10.8. The third kappa shape index (κ3) is 5.16. The quantitative estimate of drug-likeness (QED) is 0.631. The van der Waals surface area contributed by atoms with E-state index in [0.29, 0.717) is 24.1 Å². The van der Waals surface area contributed by atoms with E-state index >= 15 is 0 Å². The van der Waals surface area contributed by atoms with Crippen LogP contribution in [0.2, 0.25) is 0 Å². The van der Waals surface area contributed by atoms with Crippen LogP contribution >= 0.6 is 0 Å². The fraction of sp³-hybridized carbons (Fsp3) is 0.261. The van der Waals surface area contributed by atoms with E-state index < -0.39 is 0 Å². The summed E-state index contributed by atoms with van der Waals surface area (Å²) in [5.41, 5.74) is 5.41. The Morgan fingerprint density at radius 3 is 2.29 bits per heavy atom. The second kappa shape index (κ2) is 8.65. The SMILES string of the molecule is Cc1ccc(CNc2nc(C)cc(C(=O)Nc3ccc(C(C)C)cc3)n2)cc1. The van der Waals surface area contributed by atoms with Crippen molar-refractivity contribution in [2.45, 2.75) is 40.2 Å². The fourth-order valence-corrected chi connectivity index (χ4v) is 2.80. The van der Waals surface area contributed by atoms with Crippen molar-refractivity contribution in [1.29, 1.82) is 0 Å². The van der Waals surface area contributed by atoms with Crippen LogP contribution in [-0.2, 0) is 6.54 Å². The van der Waals surface area contributed by atoms with Gasteiger partial charge in [-0.2, -0.15) is 0 Å². The molecule has 3 rings (SSSR count). The zero-order chi connectivity index (χ0) is 20.1. The third-order valence-corrected chi connectivity index (χ3v) is 4.49. The first-order chi connectivity index (χ1) is 13.4. The maximum absolute atomic E-state index is 12.6. The number of carbonyl (C=O) groups is 1. The van der Waals surface area contributed by atoms with Crippen molar-refractivity contribution in [3.8, 4) is 0 Å². The predicted octanol–water partition coefficient (Wildman–Crippen LogP) is 5.08. The Morgan fingerprint density at radius 1 is 0.964 bits per heavy atom. The first kappa shape index (κ1) is 19.5. The minimum atomic E-state index is -0.249. The molecular formula is C23H26N4O. The zero-order valence-corrected chi connectivity index (χ0v) is 16.8. The lowest BCUT2D eigenvalue weighted by molar-refractivity contribution is 0.102. The van der Waals surface area contributed by atoms with Gasteiger partial charge in [-0.15, -0.1) is 0 Å². The number of nitrogens with zero attached hydrogens (tertiary/aromatic N) is 2. The van der Waals surface area contributed by atoms with Gasteiger partial charge in [0.25, 0.3) is 5.91 Å². The molecule has 5 nitrogen and oxygen atoms in total. The molecular weight excluding hydrogens is 348 g/mol. The summed E-state index contributed by atoms with van der Waals surface area (Å²) in [5, 5.41) is 6.10. The lowest BCUT2D eigenvalue weighted by Gasteiger charge is -2.10. The number of hydrogen-bond donors (Lipinski definition) is 2. The monoisotopic (exact) mass is 374 g/mol. The summed E-state index contributed by atoms with van der Waals surface area (Å²) in [6.07, 6.45) is 0. The lowest BCUT2D eigenvalue weighted by atomic mass is 10.0.